The summed E-state index contributed by atoms with van der Waals surface area (Å²) in [6.07, 6.45) is 2.41. The zero-order valence-electron chi connectivity index (χ0n) is 9.97. The molecule has 2 N–H and O–H groups in total. The molecule has 0 heterocycles. The molecule has 0 aliphatic heterocycles. The van der Waals surface area contributed by atoms with Crippen LogP contribution in [0.15, 0.2) is 0 Å². The number of rotatable bonds is 6. The van der Waals surface area contributed by atoms with E-state index >= 15 is 0 Å². The first-order chi connectivity index (χ1) is 6.55. The number of carbonyl (C=O) groups is 1. The number of carbonyl (C=O) groups excluding carboxylic acids is 1. The molecule has 0 atom stereocenters. The van der Waals surface area contributed by atoms with Crippen molar-refractivity contribution in [2.24, 2.45) is 5.73 Å². The Morgan fingerprint density at radius 3 is 2.00 bits per heavy atom. The summed E-state index contributed by atoms with van der Waals surface area (Å²) in [5, 5.41) is 0. The topological polar surface area (TPSA) is 46.3 Å². The van der Waals surface area contributed by atoms with Crippen LogP contribution in [-0.2, 0) is 4.79 Å². The highest BCUT2D eigenvalue weighted by Gasteiger charge is 2.32. The number of nitrogens with zero attached hydrogens (tertiary/aromatic N) is 1. The minimum Gasteiger partial charge on any atom is -0.341 e. The van der Waals surface area contributed by atoms with Crippen LogP contribution in [0.2, 0.25) is 0 Å². The first-order valence-electron chi connectivity index (χ1n) is 5.63. The van der Waals surface area contributed by atoms with Gasteiger partial charge >= 0.3 is 0 Å². The molecule has 0 fully saturated rings. The summed E-state index contributed by atoms with van der Waals surface area (Å²) in [7, 11) is 0. The lowest BCUT2D eigenvalue weighted by Crippen LogP contribution is -2.54. The van der Waals surface area contributed by atoms with Gasteiger partial charge in [0.15, 0.2) is 0 Å². The fourth-order valence-electron chi connectivity index (χ4n) is 1.54. The lowest BCUT2D eigenvalue weighted by atomic mass is 9.92. The molecule has 0 aliphatic carbocycles. The van der Waals surface area contributed by atoms with Gasteiger partial charge in [-0.15, -0.1) is 0 Å². The third-order valence-electron chi connectivity index (χ3n) is 2.85. The minimum atomic E-state index is -0.648. The van der Waals surface area contributed by atoms with Crippen molar-refractivity contribution < 1.29 is 4.79 Å². The van der Waals surface area contributed by atoms with Crippen LogP contribution in [0.5, 0.6) is 0 Å². The number of nitrogens with two attached hydrogens (primary N) is 1. The molecule has 0 saturated heterocycles. The van der Waals surface area contributed by atoms with E-state index in [1.165, 1.54) is 0 Å². The second kappa shape index (κ2) is 6.02. The zero-order valence-corrected chi connectivity index (χ0v) is 9.97. The number of amides is 1. The number of hydrogen-bond acceptors (Lipinski definition) is 2. The molecule has 0 rings (SSSR count). The van der Waals surface area contributed by atoms with E-state index in [9.17, 15) is 4.79 Å². The summed E-state index contributed by atoms with van der Waals surface area (Å²) in [5.41, 5.74) is 5.41. The van der Waals surface area contributed by atoms with Gasteiger partial charge in [0.1, 0.15) is 0 Å². The van der Waals surface area contributed by atoms with Gasteiger partial charge < -0.3 is 10.6 Å². The summed E-state index contributed by atoms with van der Waals surface area (Å²) in [5.74, 6) is 0.104. The molecule has 0 spiro atoms. The Morgan fingerprint density at radius 1 is 1.21 bits per heavy atom. The fraction of sp³-hybridized carbons (Fsp3) is 0.909. The third kappa shape index (κ3) is 2.98. The SMILES string of the molecule is CCCN(CC)C(=O)C(N)(CC)CC. The highest BCUT2D eigenvalue weighted by atomic mass is 16.2. The molecule has 0 bridgehead atoms. The standard InChI is InChI=1S/C11H24N2O/c1-5-9-13(8-4)10(14)11(12,6-2)7-3/h5-9,12H2,1-4H3. The van der Waals surface area contributed by atoms with Crippen molar-refractivity contribution in [2.75, 3.05) is 13.1 Å². The summed E-state index contributed by atoms with van der Waals surface area (Å²) in [4.78, 5) is 13.9. The molecular weight excluding hydrogens is 176 g/mol. The summed E-state index contributed by atoms with van der Waals surface area (Å²) in [6.45, 7) is 9.59. The lowest BCUT2D eigenvalue weighted by Gasteiger charge is -2.32. The van der Waals surface area contributed by atoms with Crippen LogP contribution >= 0.6 is 0 Å². The Balaban J connectivity index is 4.53. The van der Waals surface area contributed by atoms with E-state index in [2.05, 4.69) is 6.92 Å². The Hall–Kier alpha value is -0.570. The predicted molar refractivity (Wildman–Crippen MR) is 60.0 cm³/mol. The molecule has 0 aliphatic rings. The van der Waals surface area contributed by atoms with Gasteiger partial charge in [-0.25, -0.2) is 0 Å². The van der Waals surface area contributed by atoms with Crippen molar-refractivity contribution in [1.82, 2.24) is 4.90 Å². The smallest absolute Gasteiger partial charge is 0.242 e. The van der Waals surface area contributed by atoms with Gasteiger partial charge in [-0.3, -0.25) is 4.79 Å². The average Bonchev–Trinajstić information content (AvgIpc) is 2.23. The molecule has 0 aromatic carbocycles. The Labute approximate surface area is 87.6 Å². The van der Waals surface area contributed by atoms with Gasteiger partial charge in [-0.1, -0.05) is 20.8 Å². The normalized spacial score (nSPS) is 11.5. The second-order valence-corrected chi connectivity index (χ2v) is 3.75. The first-order valence-corrected chi connectivity index (χ1v) is 5.63. The second-order valence-electron chi connectivity index (χ2n) is 3.75. The summed E-state index contributed by atoms with van der Waals surface area (Å²) in [6, 6.07) is 0. The molecular formula is C11H24N2O. The highest BCUT2D eigenvalue weighted by molar-refractivity contribution is 5.86. The first kappa shape index (κ1) is 13.4. The lowest BCUT2D eigenvalue weighted by molar-refractivity contribution is -0.137. The van der Waals surface area contributed by atoms with Crippen molar-refractivity contribution in [3.63, 3.8) is 0 Å². The van der Waals surface area contributed by atoms with Crippen LogP contribution in [0.3, 0.4) is 0 Å². The summed E-state index contributed by atoms with van der Waals surface area (Å²) < 4.78 is 0. The molecule has 0 aromatic heterocycles. The average molecular weight is 200 g/mol. The minimum absolute atomic E-state index is 0.104. The van der Waals surface area contributed by atoms with Crippen molar-refractivity contribution in [1.29, 1.82) is 0 Å². The zero-order chi connectivity index (χ0) is 11.2. The summed E-state index contributed by atoms with van der Waals surface area (Å²) >= 11 is 0. The van der Waals surface area contributed by atoms with E-state index < -0.39 is 5.54 Å². The predicted octanol–water partition coefficient (Wildman–Crippen LogP) is 1.76. The van der Waals surface area contributed by atoms with Crippen molar-refractivity contribution >= 4 is 5.91 Å². The van der Waals surface area contributed by atoms with Crippen LogP contribution in [0.25, 0.3) is 0 Å². The molecule has 1 amide bonds. The highest BCUT2D eigenvalue weighted by Crippen LogP contribution is 2.15. The van der Waals surface area contributed by atoms with Gasteiger partial charge in [0.2, 0.25) is 5.91 Å². The van der Waals surface area contributed by atoms with Crippen LogP contribution in [0, 0.1) is 0 Å². The Kier molecular flexibility index (Phi) is 5.77. The van der Waals surface area contributed by atoms with Gasteiger partial charge in [-0.2, -0.15) is 0 Å². The van der Waals surface area contributed by atoms with E-state index in [4.69, 9.17) is 5.73 Å². The van der Waals surface area contributed by atoms with Crippen molar-refractivity contribution in [3.05, 3.63) is 0 Å². The number of hydrogen-bond donors (Lipinski definition) is 1. The van der Waals surface area contributed by atoms with Crippen LogP contribution in [-0.4, -0.2) is 29.4 Å². The monoisotopic (exact) mass is 200 g/mol. The molecule has 84 valence electrons. The molecule has 3 nitrogen and oxygen atoms in total. The van der Waals surface area contributed by atoms with E-state index in [-0.39, 0.29) is 5.91 Å². The Morgan fingerprint density at radius 2 is 1.71 bits per heavy atom. The van der Waals surface area contributed by atoms with Crippen molar-refractivity contribution in [3.8, 4) is 0 Å². The van der Waals surface area contributed by atoms with E-state index in [0.29, 0.717) is 12.8 Å². The third-order valence-corrected chi connectivity index (χ3v) is 2.85. The van der Waals surface area contributed by atoms with Gasteiger partial charge in [0.05, 0.1) is 5.54 Å². The largest absolute Gasteiger partial charge is 0.341 e. The molecule has 0 unspecified atom stereocenters. The van der Waals surface area contributed by atoms with E-state index in [1.807, 2.05) is 25.7 Å². The maximum absolute atomic E-state index is 12.0. The van der Waals surface area contributed by atoms with Crippen LogP contribution in [0.4, 0.5) is 0 Å². The van der Waals surface area contributed by atoms with Gasteiger partial charge in [0, 0.05) is 13.1 Å². The van der Waals surface area contributed by atoms with Crippen LogP contribution in [0.1, 0.15) is 47.0 Å². The van der Waals surface area contributed by atoms with Crippen LogP contribution < -0.4 is 5.73 Å². The van der Waals surface area contributed by atoms with Gasteiger partial charge in [-0.05, 0) is 26.2 Å². The quantitative estimate of drug-likeness (QED) is 0.710. The maximum atomic E-state index is 12.0. The maximum Gasteiger partial charge on any atom is 0.242 e. The molecule has 0 saturated carbocycles. The van der Waals surface area contributed by atoms with E-state index in [1.54, 1.807) is 0 Å². The van der Waals surface area contributed by atoms with Gasteiger partial charge in [0.25, 0.3) is 0 Å². The van der Waals surface area contributed by atoms with Crippen molar-refractivity contribution in [2.45, 2.75) is 52.5 Å². The molecule has 14 heavy (non-hydrogen) atoms. The molecule has 0 aromatic rings. The Bertz CT molecular complexity index is 176. The number of likely N-dealkylation sites (N-methyl/N-ethyl adjacent to an activating group) is 1. The molecule has 3 heteroatoms. The fourth-order valence-corrected chi connectivity index (χ4v) is 1.54. The van der Waals surface area contributed by atoms with E-state index in [0.717, 1.165) is 19.5 Å². The molecule has 0 radical (unpaired) electrons.